The molecular weight excluding hydrogens is 272 g/mol. The minimum atomic E-state index is 0.234. The van der Waals surface area contributed by atoms with Crippen molar-refractivity contribution >= 4 is 17.3 Å². The van der Waals surface area contributed by atoms with Crippen molar-refractivity contribution in [3.8, 4) is 5.75 Å². The predicted molar refractivity (Wildman–Crippen MR) is 83.8 cm³/mol. The van der Waals surface area contributed by atoms with Crippen LogP contribution in [-0.2, 0) is 11.3 Å². The Bertz CT molecular complexity index is 447. The molecule has 1 saturated heterocycles. The molecule has 1 aromatic rings. The van der Waals surface area contributed by atoms with E-state index in [0.717, 1.165) is 38.1 Å². The van der Waals surface area contributed by atoms with Crippen molar-refractivity contribution < 1.29 is 9.84 Å². The normalized spacial score (nSPS) is 17.9. The Kier molecular flexibility index (Phi) is 5.61. The lowest BCUT2D eigenvalue weighted by molar-refractivity contribution is 0.0896. The van der Waals surface area contributed by atoms with Crippen LogP contribution in [0.25, 0.3) is 0 Å². The number of phenolic OH excluding ortho intramolecular Hbond substituents is 1. The van der Waals surface area contributed by atoms with Gasteiger partial charge in [0, 0.05) is 31.8 Å². The summed E-state index contributed by atoms with van der Waals surface area (Å²) in [7, 11) is 0. The molecule has 0 unspecified atom stereocenters. The number of hydrogen-bond donors (Lipinski definition) is 2. The Balaban J connectivity index is 2.05. The van der Waals surface area contributed by atoms with Gasteiger partial charge in [0.1, 0.15) is 5.75 Å². The Labute approximate surface area is 125 Å². The highest BCUT2D eigenvalue weighted by atomic mass is 32.1. The van der Waals surface area contributed by atoms with Crippen molar-refractivity contribution in [1.29, 1.82) is 0 Å². The number of nitrogens with zero attached hydrogens (tertiary/aromatic N) is 1. The van der Waals surface area contributed by atoms with Gasteiger partial charge in [-0.2, -0.15) is 0 Å². The third-order valence-corrected chi connectivity index (χ3v) is 3.82. The van der Waals surface area contributed by atoms with E-state index < -0.39 is 0 Å². The zero-order valence-electron chi connectivity index (χ0n) is 11.8. The fourth-order valence-corrected chi connectivity index (χ4v) is 2.65. The molecule has 0 spiro atoms. The topological polar surface area (TPSA) is 44.7 Å². The van der Waals surface area contributed by atoms with Gasteiger partial charge in [-0.15, -0.1) is 0 Å². The fourth-order valence-electron chi connectivity index (χ4n) is 2.37. The van der Waals surface area contributed by atoms with Crippen LogP contribution in [0.3, 0.4) is 0 Å². The molecule has 5 heteroatoms. The largest absolute Gasteiger partial charge is 0.508 e. The fraction of sp³-hybridized carbons (Fsp3) is 0.533. The van der Waals surface area contributed by atoms with Gasteiger partial charge in [0.25, 0.3) is 0 Å². The first-order valence-electron chi connectivity index (χ1n) is 7.12. The average molecular weight is 294 g/mol. The molecule has 20 heavy (non-hydrogen) atoms. The Morgan fingerprint density at radius 2 is 2.30 bits per heavy atom. The van der Waals surface area contributed by atoms with Gasteiger partial charge in [0.15, 0.2) is 5.11 Å². The first kappa shape index (κ1) is 15.1. The number of para-hydroxylation sites is 1. The van der Waals surface area contributed by atoms with Crippen molar-refractivity contribution in [2.24, 2.45) is 0 Å². The molecule has 0 bridgehead atoms. The van der Waals surface area contributed by atoms with Gasteiger partial charge >= 0.3 is 0 Å². The van der Waals surface area contributed by atoms with E-state index in [1.807, 2.05) is 25.1 Å². The van der Waals surface area contributed by atoms with Crippen LogP contribution in [0.4, 0.5) is 0 Å². The van der Waals surface area contributed by atoms with E-state index in [-0.39, 0.29) is 6.10 Å². The third-order valence-electron chi connectivity index (χ3n) is 3.42. The van der Waals surface area contributed by atoms with Crippen molar-refractivity contribution in [1.82, 2.24) is 10.2 Å². The van der Waals surface area contributed by atoms with E-state index in [9.17, 15) is 5.11 Å². The molecule has 1 aliphatic heterocycles. The second-order valence-electron chi connectivity index (χ2n) is 4.98. The number of thiocarbonyl (C=S) groups is 1. The second-order valence-corrected chi connectivity index (χ2v) is 5.37. The van der Waals surface area contributed by atoms with E-state index in [4.69, 9.17) is 17.0 Å². The van der Waals surface area contributed by atoms with Gasteiger partial charge in [0.05, 0.1) is 6.10 Å². The summed E-state index contributed by atoms with van der Waals surface area (Å²) < 4.78 is 5.69. The number of ether oxygens (including phenoxy) is 1. The number of benzene rings is 1. The molecule has 110 valence electrons. The van der Waals surface area contributed by atoms with Crippen LogP contribution in [0.15, 0.2) is 24.3 Å². The summed E-state index contributed by atoms with van der Waals surface area (Å²) >= 11 is 5.43. The Hall–Kier alpha value is -1.33. The highest BCUT2D eigenvalue weighted by molar-refractivity contribution is 7.80. The van der Waals surface area contributed by atoms with E-state index in [0.29, 0.717) is 17.4 Å². The van der Waals surface area contributed by atoms with Crippen molar-refractivity contribution in [3.63, 3.8) is 0 Å². The van der Waals surface area contributed by atoms with Gasteiger partial charge in [0.2, 0.25) is 0 Å². The summed E-state index contributed by atoms with van der Waals surface area (Å²) in [4.78, 5) is 2.07. The van der Waals surface area contributed by atoms with Gasteiger partial charge in [-0.25, -0.2) is 0 Å². The van der Waals surface area contributed by atoms with Crippen LogP contribution in [0.5, 0.6) is 5.75 Å². The maximum Gasteiger partial charge on any atom is 0.169 e. The molecule has 1 heterocycles. The molecule has 0 radical (unpaired) electrons. The highest BCUT2D eigenvalue weighted by Crippen LogP contribution is 2.20. The number of rotatable bonds is 5. The first-order valence-corrected chi connectivity index (χ1v) is 7.52. The van der Waals surface area contributed by atoms with Crippen LogP contribution < -0.4 is 5.32 Å². The number of hydrogen-bond acceptors (Lipinski definition) is 3. The quantitative estimate of drug-likeness (QED) is 0.816. The maximum absolute atomic E-state index is 9.91. The van der Waals surface area contributed by atoms with Crippen LogP contribution in [0.1, 0.15) is 25.3 Å². The van der Waals surface area contributed by atoms with E-state index in [1.54, 1.807) is 6.07 Å². The van der Waals surface area contributed by atoms with Crippen molar-refractivity contribution in [2.45, 2.75) is 32.4 Å². The maximum atomic E-state index is 9.91. The zero-order chi connectivity index (χ0) is 14.4. The predicted octanol–water partition coefficient (Wildman–Crippen LogP) is 2.27. The first-order chi connectivity index (χ1) is 9.70. The van der Waals surface area contributed by atoms with Crippen LogP contribution in [0.2, 0.25) is 0 Å². The van der Waals surface area contributed by atoms with Gasteiger partial charge < -0.3 is 20.1 Å². The summed E-state index contributed by atoms with van der Waals surface area (Å²) in [6, 6.07) is 7.38. The highest BCUT2D eigenvalue weighted by Gasteiger charge is 2.21. The number of aromatic hydroxyl groups is 1. The molecule has 0 saturated carbocycles. The van der Waals surface area contributed by atoms with E-state index >= 15 is 0 Å². The molecule has 2 N–H and O–H groups in total. The van der Waals surface area contributed by atoms with E-state index in [2.05, 4.69) is 10.2 Å². The summed E-state index contributed by atoms with van der Waals surface area (Å²) in [5.41, 5.74) is 0.880. The zero-order valence-corrected chi connectivity index (χ0v) is 12.7. The SMILES string of the molecule is CCNC(=S)N(Cc1ccccc1O)C[C@H]1CCCO1. The second kappa shape index (κ2) is 7.45. The van der Waals surface area contributed by atoms with Crippen LogP contribution in [-0.4, -0.2) is 40.9 Å². The van der Waals surface area contributed by atoms with E-state index in [1.165, 1.54) is 0 Å². The number of phenols is 1. The summed E-state index contributed by atoms with van der Waals surface area (Å²) in [5.74, 6) is 0.309. The molecule has 1 aliphatic rings. The Morgan fingerprint density at radius 3 is 2.95 bits per heavy atom. The lowest BCUT2D eigenvalue weighted by Crippen LogP contribution is -2.43. The van der Waals surface area contributed by atoms with Crippen molar-refractivity contribution in [3.05, 3.63) is 29.8 Å². The van der Waals surface area contributed by atoms with Gasteiger partial charge in [-0.05, 0) is 38.0 Å². The molecule has 2 rings (SSSR count). The third kappa shape index (κ3) is 4.08. The number of nitrogens with one attached hydrogen (secondary N) is 1. The Morgan fingerprint density at radius 1 is 1.50 bits per heavy atom. The molecule has 0 amide bonds. The monoisotopic (exact) mass is 294 g/mol. The smallest absolute Gasteiger partial charge is 0.169 e. The molecule has 1 aromatic carbocycles. The summed E-state index contributed by atoms with van der Waals surface area (Å²) in [6.45, 7) is 5.01. The molecule has 1 fully saturated rings. The molecule has 0 aromatic heterocycles. The molecule has 4 nitrogen and oxygen atoms in total. The summed E-state index contributed by atoms with van der Waals surface area (Å²) in [6.07, 6.45) is 2.42. The van der Waals surface area contributed by atoms with Gasteiger partial charge in [-0.3, -0.25) is 0 Å². The lowest BCUT2D eigenvalue weighted by Gasteiger charge is -2.28. The van der Waals surface area contributed by atoms with Crippen molar-refractivity contribution in [2.75, 3.05) is 19.7 Å². The minimum Gasteiger partial charge on any atom is -0.508 e. The lowest BCUT2D eigenvalue weighted by atomic mass is 10.1. The molecular formula is C15H22N2O2S. The van der Waals surface area contributed by atoms with Gasteiger partial charge in [-0.1, -0.05) is 18.2 Å². The minimum absolute atomic E-state index is 0.234. The summed E-state index contributed by atoms with van der Waals surface area (Å²) in [5, 5.41) is 13.8. The molecule has 1 atom stereocenters. The van der Waals surface area contributed by atoms with Crippen LogP contribution >= 0.6 is 12.2 Å². The standard InChI is InChI=1S/C15H22N2O2S/c1-2-16-15(20)17(11-13-7-5-9-19-13)10-12-6-3-4-8-14(12)18/h3-4,6,8,13,18H,2,5,7,9-11H2,1H3,(H,16,20)/t13-/m1/s1. The van der Waals surface area contributed by atoms with Crippen LogP contribution in [0, 0.1) is 0 Å². The molecule has 0 aliphatic carbocycles. The average Bonchev–Trinajstić information content (AvgIpc) is 2.93.